The number of carbonyl (C=O) groups is 1. The molecule has 0 saturated carbocycles. The van der Waals surface area contributed by atoms with E-state index >= 15 is 0 Å². The second-order valence-corrected chi connectivity index (χ2v) is 6.24. The third-order valence-electron chi connectivity index (χ3n) is 4.10. The lowest BCUT2D eigenvalue weighted by atomic mass is 10.1. The largest absolute Gasteiger partial charge is 0.496 e. The number of rotatable bonds is 6. The van der Waals surface area contributed by atoms with Crippen molar-refractivity contribution in [2.75, 3.05) is 59.2 Å². The second kappa shape index (κ2) is 8.38. The van der Waals surface area contributed by atoms with E-state index in [9.17, 15) is 4.79 Å². The number of nitrogens with zero attached hydrogens (tertiary/aromatic N) is 2. The number of hydrogen-bond donors (Lipinski definition) is 2. The second-order valence-electron chi connectivity index (χ2n) is 5.83. The Labute approximate surface area is 142 Å². The number of halogens is 1. The zero-order valence-corrected chi connectivity index (χ0v) is 14.5. The summed E-state index contributed by atoms with van der Waals surface area (Å²) < 4.78 is 5.20. The minimum atomic E-state index is -0.192. The number of ether oxygens (including phenoxy) is 1. The van der Waals surface area contributed by atoms with Crippen molar-refractivity contribution in [1.29, 1.82) is 0 Å². The molecule has 1 aliphatic rings. The minimum Gasteiger partial charge on any atom is -0.496 e. The molecule has 3 N–H and O–H groups in total. The van der Waals surface area contributed by atoms with Gasteiger partial charge in [-0.1, -0.05) is 11.6 Å². The Morgan fingerprint density at radius 1 is 1.35 bits per heavy atom. The first-order valence-corrected chi connectivity index (χ1v) is 8.21. The lowest BCUT2D eigenvalue weighted by molar-refractivity contribution is 0.0946. The molecule has 6 nitrogen and oxygen atoms in total. The predicted octanol–water partition coefficient (Wildman–Crippen LogP) is 1.30. The summed E-state index contributed by atoms with van der Waals surface area (Å²) in [6.07, 6.45) is 0.917. The number of nitrogens with two attached hydrogens (primary N) is 1. The number of benzene rings is 1. The number of carbonyl (C=O) groups excluding carboxylic acids is 1. The predicted molar refractivity (Wildman–Crippen MR) is 93.3 cm³/mol. The Bertz CT molecular complexity index is 545. The quantitative estimate of drug-likeness (QED) is 0.603. The van der Waals surface area contributed by atoms with Gasteiger partial charge in [0.25, 0.3) is 5.91 Å². The standard InChI is InChI=1S/C16H25ClN4O2/c1-20-6-8-21(9-7-20)5-3-4-19-16(22)12-10-13(17)14(18)11-15(12)23-2/h10-11H,3-9,18H2,1-2H3,(H,19,22). The molecule has 0 bridgehead atoms. The van der Waals surface area contributed by atoms with Crippen LogP contribution in [0.4, 0.5) is 5.69 Å². The lowest BCUT2D eigenvalue weighted by Crippen LogP contribution is -2.45. The van der Waals surface area contributed by atoms with Gasteiger partial charge in [0, 0.05) is 38.8 Å². The third kappa shape index (κ3) is 4.99. The minimum absolute atomic E-state index is 0.192. The van der Waals surface area contributed by atoms with Crippen molar-refractivity contribution in [2.45, 2.75) is 6.42 Å². The van der Waals surface area contributed by atoms with Crippen LogP contribution in [0, 0.1) is 0 Å². The molecule has 2 rings (SSSR count). The van der Waals surface area contributed by atoms with Crippen LogP contribution in [-0.2, 0) is 0 Å². The van der Waals surface area contributed by atoms with Crippen LogP contribution < -0.4 is 15.8 Å². The molecule has 1 aromatic carbocycles. The molecule has 1 saturated heterocycles. The van der Waals surface area contributed by atoms with Crippen LogP contribution >= 0.6 is 11.6 Å². The number of hydrogen-bond acceptors (Lipinski definition) is 5. The number of piperazine rings is 1. The number of nitrogen functional groups attached to an aromatic ring is 1. The van der Waals surface area contributed by atoms with Gasteiger partial charge in [0.1, 0.15) is 5.75 Å². The normalized spacial score (nSPS) is 16.3. The van der Waals surface area contributed by atoms with Crippen LogP contribution in [0.2, 0.25) is 5.02 Å². The van der Waals surface area contributed by atoms with Crippen LogP contribution in [0.15, 0.2) is 12.1 Å². The van der Waals surface area contributed by atoms with E-state index in [0.717, 1.165) is 39.1 Å². The van der Waals surface area contributed by atoms with E-state index in [1.165, 1.54) is 7.11 Å². The van der Waals surface area contributed by atoms with Gasteiger partial charge in [0.2, 0.25) is 0 Å². The molecule has 0 radical (unpaired) electrons. The summed E-state index contributed by atoms with van der Waals surface area (Å²) >= 11 is 5.99. The fourth-order valence-electron chi connectivity index (χ4n) is 2.59. The highest BCUT2D eigenvalue weighted by Gasteiger charge is 2.16. The highest BCUT2D eigenvalue weighted by molar-refractivity contribution is 6.33. The van der Waals surface area contributed by atoms with E-state index in [4.69, 9.17) is 22.1 Å². The average Bonchev–Trinajstić information content (AvgIpc) is 2.55. The maximum atomic E-state index is 12.3. The molecule has 23 heavy (non-hydrogen) atoms. The van der Waals surface area contributed by atoms with E-state index < -0.39 is 0 Å². The van der Waals surface area contributed by atoms with Crippen molar-refractivity contribution in [3.63, 3.8) is 0 Å². The summed E-state index contributed by atoms with van der Waals surface area (Å²) in [5, 5.41) is 3.27. The van der Waals surface area contributed by atoms with Crippen molar-refractivity contribution in [1.82, 2.24) is 15.1 Å². The van der Waals surface area contributed by atoms with Gasteiger partial charge in [-0.05, 0) is 26.1 Å². The maximum Gasteiger partial charge on any atom is 0.255 e. The van der Waals surface area contributed by atoms with Crippen molar-refractivity contribution < 1.29 is 9.53 Å². The highest BCUT2D eigenvalue weighted by atomic mass is 35.5. The molecule has 1 amide bonds. The summed E-state index contributed by atoms with van der Waals surface area (Å²) in [6.45, 7) is 6.00. The summed E-state index contributed by atoms with van der Waals surface area (Å²) in [7, 11) is 3.65. The molecule has 0 aliphatic carbocycles. The SMILES string of the molecule is COc1cc(N)c(Cl)cc1C(=O)NCCCN1CCN(C)CC1. The Kier molecular flexibility index (Phi) is 6.50. The van der Waals surface area contributed by atoms with E-state index in [-0.39, 0.29) is 5.91 Å². The molecule has 1 aromatic rings. The smallest absolute Gasteiger partial charge is 0.255 e. The van der Waals surface area contributed by atoms with Gasteiger partial charge in [-0.25, -0.2) is 0 Å². The zero-order valence-electron chi connectivity index (χ0n) is 13.8. The van der Waals surface area contributed by atoms with E-state index in [1.807, 2.05) is 0 Å². The number of amides is 1. The Morgan fingerprint density at radius 2 is 2.04 bits per heavy atom. The van der Waals surface area contributed by atoms with Crippen LogP contribution in [0.25, 0.3) is 0 Å². The fraction of sp³-hybridized carbons (Fsp3) is 0.562. The first-order chi connectivity index (χ1) is 11.0. The summed E-state index contributed by atoms with van der Waals surface area (Å²) in [5.41, 5.74) is 6.53. The lowest BCUT2D eigenvalue weighted by Gasteiger charge is -2.32. The number of methoxy groups -OCH3 is 1. The topological polar surface area (TPSA) is 70.8 Å². The van der Waals surface area contributed by atoms with Gasteiger partial charge in [0.15, 0.2) is 0 Å². The molecular weight excluding hydrogens is 316 g/mol. The summed E-state index contributed by atoms with van der Waals surface area (Å²) in [6, 6.07) is 3.12. The van der Waals surface area contributed by atoms with Crippen molar-refractivity contribution >= 4 is 23.2 Å². The molecular formula is C16H25ClN4O2. The van der Waals surface area contributed by atoms with Gasteiger partial charge in [-0.15, -0.1) is 0 Å². The maximum absolute atomic E-state index is 12.3. The molecule has 128 valence electrons. The molecule has 0 spiro atoms. The average molecular weight is 341 g/mol. The van der Waals surface area contributed by atoms with E-state index in [0.29, 0.717) is 28.6 Å². The van der Waals surface area contributed by atoms with Gasteiger partial charge in [-0.2, -0.15) is 0 Å². The molecule has 0 atom stereocenters. The molecule has 0 aromatic heterocycles. The fourth-order valence-corrected chi connectivity index (χ4v) is 2.75. The van der Waals surface area contributed by atoms with E-state index in [2.05, 4.69) is 22.2 Å². The van der Waals surface area contributed by atoms with Crippen LogP contribution in [0.3, 0.4) is 0 Å². The van der Waals surface area contributed by atoms with Crippen molar-refractivity contribution in [3.8, 4) is 5.75 Å². The third-order valence-corrected chi connectivity index (χ3v) is 4.42. The molecule has 0 unspecified atom stereocenters. The monoisotopic (exact) mass is 340 g/mol. The van der Waals surface area contributed by atoms with Gasteiger partial charge < -0.3 is 25.6 Å². The highest BCUT2D eigenvalue weighted by Crippen LogP contribution is 2.28. The molecule has 1 aliphatic heterocycles. The van der Waals surface area contributed by atoms with Gasteiger partial charge in [0.05, 0.1) is 23.4 Å². The number of likely N-dealkylation sites (N-methyl/N-ethyl adjacent to an activating group) is 1. The number of nitrogens with one attached hydrogen (secondary N) is 1. The summed E-state index contributed by atoms with van der Waals surface area (Å²) in [4.78, 5) is 17.0. The zero-order chi connectivity index (χ0) is 16.8. The van der Waals surface area contributed by atoms with Crippen molar-refractivity contribution in [2.24, 2.45) is 0 Å². The van der Waals surface area contributed by atoms with Gasteiger partial charge in [-0.3, -0.25) is 4.79 Å². The van der Waals surface area contributed by atoms with Crippen molar-refractivity contribution in [3.05, 3.63) is 22.7 Å². The summed E-state index contributed by atoms with van der Waals surface area (Å²) in [5.74, 6) is 0.241. The Hall–Kier alpha value is -1.50. The Balaban J connectivity index is 1.80. The van der Waals surface area contributed by atoms with Crippen LogP contribution in [0.5, 0.6) is 5.75 Å². The molecule has 1 fully saturated rings. The molecule has 1 heterocycles. The van der Waals surface area contributed by atoms with Crippen LogP contribution in [-0.4, -0.2) is 69.1 Å². The van der Waals surface area contributed by atoms with E-state index in [1.54, 1.807) is 12.1 Å². The Morgan fingerprint density at radius 3 is 2.70 bits per heavy atom. The van der Waals surface area contributed by atoms with Gasteiger partial charge >= 0.3 is 0 Å². The number of anilines is 1. The first kappa shape index (κ1) is 17.8. The first-order valence-electron chi connectivity index (χ1n) is 7.83. The van der Waals surface area contributed by atoms with Crippen LogP contribution in [0.1, 0.15) is 16.8 Å². The molecule has 7 heteroatoms.